The number of carbonyl (C=O) groups is 1. The van der Waals surface area contributed by atoms with Crippen LogP contribution in [-0.4, -0.2) is 11.0 Å². The number of carbonyl (C=O) groups excluding carboxylic acids is 1. The second kappa shape index (κ2) is 5.67. The molecule has 0 bridgehead atoms. The summed E-state index contributed by atoms with van der Waals surface area (Å²) < 4.78 is 0. The zero-order chi connectivity index (χ0) is 12.8. The zero-order valence-electron chi connectivity index (χ0n) is 9.76. The summed E-state index contributed by atoms with van der Waals surface area (Å²) in [4.78, 5) is 15.6. The molecule has 0 saturated carbocycles. The van der Waals surface area contributed by atoms with E-state index in [9.17, 15) is 4.79 Å². The van der Waals surface area contributed by atoms with Gasteiger partial charge in [-0.2, -0.15) is 0 Å². The molecule has 0 fully saturated rings. The molecule has 92 valence electrons. The minimum Gasteiger partial charge on any atom is -0.397 e. The fourth-order valence-electron chi connectivity index (χ4n) is 1.46. The van der Waals surface area contributed by atoms with Gasteiger partial charge in [-0.05, 0) is 23.8 Å². The van der Waals surface area contributed by atoms with Gasteiger partial charge in [-0.1, -0.05) is 18.2 Å². The highest BCUT2D eigenvalue weighted by atomic mass is 16.2. The van der Waals surface area contributed by atoms with E-state index in [0.717, 1.165) is 5.56 Å². The number of hydrogen-bond donors (Lipinski definition) is 3. The molecule has 5 heteroatoms. The van der Waals surface area contributed by atoms with E-state index in [1.807, 2.05) is 24.3 Å². The second-order valence-corrected chi connectivity index (χ2v) is 3.76. The van der Waals surface area contributed by atoms with Gasteiger partial charge in [0.25, 0.3) is 0 Å². The number of aromatic nitrogens is 1. The van der Waals surface area contributed by atoms with E-state index >= 15 is 0 Å². The lowest BCUT2D eigenvalue weighted by Gasteiger charge is -2.09. The van der Waals surface area contributed by atoms with Gasteiger partial charge >= 0.3 is 6.03 Å². The van der Waals surface area contributed by atoms with Crippen LogP contribution in [0.25, 0.3) is 0 Å². The van der Waals surface area contributed by atoms with Crippen LogP contribution < -0.4 is 16.4 Å². The van der Waals surface area contributed by atoms with Crippen LogP contribution in [0.5, 0.6) is 0 Å². The maximum Gasteiger partial charge on any atom is 0.319 e. The van der Waals surface area contributed by atoms with E-state index in [1.165, 1.54) is 0 Å². The summed E-state index contributed by atoms with van der Waals surface area (Å²) in [5.41, 5.74) is 7.80. The highest BCUT2D eigenvalue weighted by molar-refractivity contribution is 5.92. The summed E-state index contributed by atoms with van der Waals surface area (Å²) in [5, 5.41) is 5.41. The lowest BCUT2D eigenvalue weighted by Crippen LogP contribution is -2.28. The van der Waals surface area contributed by atoms with Crippen LogP contribution in [0.1, 0.15) is 5.56 Å². The first-order valence-corrected chi connectivity index (χ1v) is 5.54. The molecule has 0 unspecified atom stereocenters. The number of nitrogens with zero attached hydrogens (tertiary/aromatic N) is 1. The summed E-state index contributed by atoms with van der Waals surface area (Å²) in [7, 11) is 0. The molecule has 0 radical (unpaired) electrons. The fourth-order valence-corrected chi connectivity index (χ4v) is 1.46. The van der Waals surface area contributed by atoms with Crippen LogP contribution in [0.2, 0.25) is 0 Å². The molecular weight excluding hydrogens is 228 g/mol. The van der Waals surface area contributed by atoms with Gasteiger partial charge in [-0.3, -0.25) is 4.98 Å². The van der Waals surface area contributed by atoms with E-state index in [0.29, 0.717) is 17.9 Å². The Labute approximate surface area is 105 Å². The minimum atomic E-state index is -0.295. The third-order valence-corrected chi connectivity index (χ3v) is 2.38. The number of nitrogens with one attached hydrogen (secondary N) is 2. The number of pyridine rings is 1. The van der Waals surface area contributed by atoms with Crippen LogP contribution in [0.3, 0.4) is 0 Å². The van der Waals surface area contributed by atoms with E-state index in [-0.39, 0.29) is 6.03 Å². The van der Waals surface area contributed by atoms with Crippen LogP contribution in [0, 0.1) is 0 Å². The zero-order valence-corrected chi connectivity index (χ0v) is 9.76. The Hall–Kier alpha value is -2.56. The van der Waals surface area contributed by atoms with E-state index in [4.69, 9.17) is 5.73 Å². The molecule has 2 aromatic rings. The third-order valence-electron chi connectivity index (χ3n) is 2.38. The number of amides is 2. The normalized spacial score (nSPS) is 9.78. The monoisotopic (exact) mass is 242 g/mol. The minimum absolute atomic E-state index is 0.295. The van der Waals surface area contributed by atoms with Crippen molar-refractivity contribution in [2.45, 2.75) is 6.54 Å². The maximum atomic E-state index is 11.6. The summed E-state index contributed by atoms with van der Waals surface area (Å²) in [6, 6.07) is 10.5. The third kappa shape index (κ3) is 3.21. The smallest absolute Gasteiger partial charge is 0.319 e. The molecular formula is C13H14N4O. The van der Waals surface area contributed by atoms with Crippen molar-refractivity contribution in [2.24, 2.45) is 0 Å². The van der Waals surface area contributed by atoms with Gasteiger partial charge in [0.2, 0.25) is 0 Å². The van der Waals surface area contributed by atoms with E-state index in [1.54, 1.807) is 24.5 Å². The standard InChI is InChI=1S/C13H14N4O/c14-11-5-1-2-6-12(11)17-13(18)16-9-10-4-3-7-15-8-10/h1-8H,9,14H2,(H2,16,17,18). The average molecular weight is 242 g/mol. The first-order valence-electron chi connectivity index (χ1n) is 5.54. The van der Waals surface area contributed by atoms with Gasteiger partial charge < -0.3 is 16.4 Å². The van der Waals surface area contributed by atoms with Crippen molar-refractivity contribution in [3.8, 4) is 0 Å². The number of hydrogen-bond acceptors (Lipinski definition) is 3. The first kappa shape index (κ1) is 11.9. The molecule has 2 rings (SSSR count). The highest BCUT2D eigenvalue weighted by Gasteiger charge is 2.03. The number of para-hydroxylation sites is 2. The molecule has 1 aromatic heterocycles. The van der Waals surface area contributed by atoms with Crippen LogP contribution in [0.4, 0.5) is 16.2 Å². The number of benzene rings is 1. The number of nitrogen functional groups attached to an aromatic ring is 1. The summed E-state index contributed by atoms with van der Waals surface area (Å²) >= 11 is 0. The molecule has 18 heavy (non-hydrogen) atoms. The number of anilines is 2. The van der Waals surface area contributed by atoms with Crippen molar-refractivity contribution in [1.82, 2.24) is 10.3 Å². The molecule has 1 heterocycles. The van der Waals surface area contributed by atoms with Crippen molar-refractivity contribution < 1.29 is 4.79 Å². The molecule has 0 aliphatic carbocycles. The van der Waals surface area contributed by atoms with Gasteiger partial charge in [-0.15, -0.1) is 0 Å². The predicted octanol–water partition coefficient (Wildman–Crippen LogP) is 1.99. The molecule has 0 atom stereocenters. The molecule has 4 N–H and O–H groups in total. The van der Waals surface area contributed by atoms with Crippen molar-refractivity contribution in [2.75, 3.05) is 11.1 Å². The Morgan fingerprint density at radius 3 is 2.78 bits per heavy atom. The van der Waals surface area contributed by atoms with Crippen molar-refractivity contribution >= 4 is 17.4 Å². The van der Waals surface area contributed by atoms with Crippen LogP contribution in [-0.2, 0) is 6.54 Å². The molecule has 2 amide bonds. The van der Waals surface area contributed by atoms with Gasteiger partial charge in [0.15, 0.2) is 0 Å². The number of urea groups is 1. The number of nitrogens with two attached hydrogens (primary N) is 1. The Bertz CT molecular complexity index is 528. The SMILES string of the molecule is Nc1ccccc1NC(=O)NCc1cccnc1. The van der Waals surface area contributed by atoms with Gasteiger partial charge in [0.05, 0.1) is 11.4 Å². The molecule has 5 nitrogen and oxygen atoms in total. The molecule has 0 spiro atoms. The average Bonchev–Trinajstić information content (AvgIpc) is 2.40. The topological polar surface area (TPSA) is 80.0 Å². The highest BCUT2D eigenvalue weighted by Crippen LogP contribution is 2.16. The van der Waals surface area contributed by atoms with Crippen molar-refractivity contribution in [3.05, 3.63) is 54.4 Å². The van der Waals surface area contributed by atoms with Gasteiger partial charge in [0, 0.05) is 18.9 Å². The summed E-state index contributed by atoms with van der Waals surface area (Å²) in [5.74, 6) is 0. The predicted molar refractivity (Wildman–Crippen MR) is 70.9 cm³/mol. The fraction of sp³-hybridized carbons (Fsp3) is 0.0769. The largest absolute Gasteiger partial charge is 0.397 e. The Kier molecular flexibility index (Phi) is 3.76. The van der Waals surface area contributed by atoms with Crippen LogP contribution in [0.15, 0.2) is 48.8 Å². The Morgan fingerprint density at radius 1 is 1.22 bits per heavy atom. The van der Waals surface area contributed by atoms with Gasteiger partial charge in [-0.25, -0.2) is 4.79 Å². The lowest BCUT2D eigenvalue weighted by atomic mass is 10.3. The number of rotatable bonds is 3. The quantitative estimate of drug-likeness (QED) is 0.720. The lowest BCUT2D eigenvalue weighted by molar-refractivity contribution is 0.251. The Morgan fingerprint density at radius 2 is 2.06 bits per heavy atom. The van der Waals surface area contributed by atoms with Crippen molar-refractivity contribution in [3.63, 3.8) is 0 Å². The molecule has 1 aromatic carbocycles. The summed E-state index contributed by atoms with van der Waals surface area (Å²) in [6.07, 6.45) is 3.39. The molecule has 0 saturated heterocycles. The van der Waals surface area contributed by atoms with Crippen LogP contribution >= 0.6 is 0 Å². The van der Waals surface area contributed by atoms with Gasteiger partial charge in [0.1, 0.15) is 0 Å². The van der Waals surface area contributed by atoms with E-state index in [2.05, 4.69) is 15.6 Å². The summed E-state index contributed by atoms with van der Waals surface area (Å²) in [6.45, 7) is 0.423. The maximum absolute atomic E-state index is 11.6. The Balaban J connectivity index is 1.88. The first-order chi connectivity index (χ1) is 8.75. The molecule has 0 aliphatic heterocycles. The second-order valence-electron chi connectivity index (χ2n) is 3.76. The van der Waals surface area contributed by atoms with Crippen molar-refractivity contribution in [1.29, 1.82) is 0 Å². The molecule has 0 aliphatic rings. The van der Waals surface area contributed by atoms with E-state index < -0.39 is 0 Å².